The van der Waals surface area contributed by atoms with Crippen LogP contribution in [0.4, 0.5) is 4.79 Å². The van der Waals surface area contributed by atoms with Gasteiger partial charge in [0.15, 0.2) is 0 Å². The molecular formula is C5H12N2NaO+. The van der Waals surface area contributed by atoms with Gasteiger partial charge >= 0.3 is 35.6 Å². The maximum atomic E-state index is 10.3. The number of carbonyl (C=O) groups is 1. The van der Waals surface area contributed by atoms with Crippen molar-refractivity contribution in [2.24, 2.45) is 5.73 Å². The molecule has 0 fully saturated rings. The minimum atomic E-state index is -0.338. The Morgan fingerprint density at radius 3 is 1.78 bits per heavy atom. The molecule has 2 N–H and O–H groups in total. The van der Waals surface area contributed by atoms with Gasteiger partial charge in [0.2, 0.25) is 0 Å². The summed E-state index contributed by atoms with van der Waals surface area (Å²) in [5, 5.41) is 0. The summed E-state index contributed by atoms with van der Waals surface area (Å²) in [4.78, 5) is 11.9. The second-order valence-electron chi connectivity index (χ2n) is 1.51. The normalized spacial score (nSPS) is 7.78. The average Bonchev–Trinajstić information content (AvgIpc) is 1.69. The Morgan fingerprint density at radius 1 is 1.44 bits per heavy atom. The van der Waals surface area contributed by atoms with E-state index in [4.69, 9.17) is 5.73 Å². The molecule has 9 heavy (non-hydrogen) atoms. The number of carbonyl (C=O) groups excluding carboxylic acids is 1. The Labute approximate surface area is 77.9 Å². The van der Waals surface area contributed by atoms with Gasteiger partial charge in [-0.05, 0) is 13.8 Å². The minimum Gasteiger partial charge on any atom is -0.351 e. The number of rotatable bonds is 2. The largest absolute Gasteiger partial charge is 1.00 e. The fourth-order valence-electron chi connectivity index (χ4n) is 0.535. The second kappa shape index (κ2) is 6.39. The Balaban J connectivity index is 0. The number of primary amides is 1. The van der Waals surface area contributed by atoms with Crippen molar-refractivity contribution in [3.63, 3.8) is 0 Å². The van der Waals surface area contributed by atoms with E-state index in [9.17, 15) is 4.79 Å². The van der Waals surface area contributed by atoms with E-state index in [-0.39, 0.29) is 35.6 Å². The molecular weight excluding hydrogens is 127 g/mol. The Morgan fingerprint density at radius 2 is 1.78 bits per heavy atom. The monoisotopic (exact) mass is 139 g/mol. The summed E-state index contributed by atoms with van der Waals surface area (Å²) in [5.41, 5.74) is 4.94. The van der Waals surface area contributed by atoms with E-state index in [1.54, 1.807) is 4.90 Å². The van der Waals surface area contributed by atoms with Crippen LogP contribution in [-0.4, -0.2) is 24.0 Å². The first-order valence-electron chi connectivity index (χ1n) is 2.76. The third-order valence-corrected chi connectivity index (χ3v) is 1.08. The van der Waals surface area contributed by atoms with Gasteiger partial charge < -0.3 is 10.6 Å². The van der Waals surface area contributed by atoms with Gasteiger partial charge in [0.25, 0.3) is 0 Å². The van der Waals surface area contributed by atoms with Gasteiger partial charge in [-0.2, -0.15) is 0 Å². The van der Waals surface area contributed by atoms with E-state index < -0.39 is 0 Å². The maximum absolute atomic E-state index is 10.3. The fraction of sp³-hybridized carbons (Fsp3) is 0.800. The molecule has 0 saturated heterocycles. The van der Waals surface area contributed by atoms with Gasteiger partial charge in [0.1, 0.15) is 0 Å². The smallest absolute Gasteiger partial charge is 0.351 e. The van der Waals surface area contributed by atoms with Gasteiger partial charge in [0, 0.05) is 13.1 Å². The third kappa shape index (κ3) is 4.75. The minimum absolute atomic E-state index is 0. The van der Waals surface area contributed by atoms with Crippen molar-refractivity contribution in [2.45, 2.75) is 13.8 Å². The molecule has 0 aromatic rings. The number of hydrogen-bond donors (Lipinski definition) is 1. The van der Waals surface area contributed by atoms with Crippen LogP contribution >= 0.6 is 0 Å². The summed E-state index contributed by atoms with van der Waals surface area (Å²) in [7, 11) is 0. The average molecular weight is 139 g/mol. The van der Waals surface area contributed by atoms with Crippen molar-refractivity contribution < 1.29 is 34.4 Å². The molecule has 0 aliphatic carbocycles. The van der Waals surface area contributed by atoms with Crippen LogP contribution in [0, 0.1) is 0 Å². The maximum Gasteiger partial charge on any atom is 1.00 e. The van der Waals surface area contributed by atoms with Crippen molar-refractivity contribution in [3.8, 4) is 0 Å². The zero-order valence-electron chi connectivity index (χ0n) is 6.35. The van der Waals surface area contributed by atoms with Crippen LogP contribution in [0.2, 0.25) is 0 Å². The summed E-state index contributed by atoms with van der Waals surface area (Å²) in [6.07, 6.45) is 0. The molecule has 2 amide bonds. The zero-order valence-corrected chi connectivity index (χ0v) is 8.35. The molecule has 0 radical (unpaired) electrons. The van der Waals surface area contributed by atoms with E-state index >= 15 is 0 Å². The first kappa shape index (κ1) is 12.0. The van der Waals surface area contributed by atoms with E-state index in [0.717, 1.165) is 0 Å². The predicted octanol–water partition coefficient (Wildman–Crippen LogP) is -2.59. The van der Waals surface area contributed by atoms with Gasteiger partial charge in [0.05, 0.1) is 0 Å². The summed E-state index contributed by atoms with van der Waals surface area (Å²) in [6, 6.07) is -0.338. The molecule has 0 spiro atoms. The first-order valence-corrected chi connectivity index (χ1v) is 2.76. The van der Waals surface area contributed by atoms with E-state index in [1.165, 1.54) is 0 Å². The van der Waals surface area contributed by atoms with Crippen molar-refractivity contribution in [3.05, 3.63) is 0 Å². The first-order chi connectivity index (χ1) is 3.72. The van der Waals surface area contributed by atoms with Crippen molar-refractivity contribution in [1.82, 2.24) is 4.90 Å². The molecule has 0 rings (SSSR count). The SMILES string of the molecule is CCN(CC)C(N)=O.[Na+]. The summed E-state index contributed by atoms with van der Waals surface area (Å²) in [6.45, 7) is 5.19. The molecule has 0 aliphatic heterocycles. The molecule has 0 aromatic heterocycles. The van der Waals surface area contributed by atoms with Crippen LogP contribution in [0.1, 0.15) is 13.8 Å². The van der Waals surface area contributed by atoms with Gasteiger partial charge in [-0.3, -0.25) is 0 Å². The molecule has 4 heteroatoms. The molecule has 3 nitrogen and oxygen atoms in total. The molecule has 0 aliphatic rings. The van der Waals surface area contributed by atoms with Crippen molar-refractivity contribution in [1.29, 1.82) is 0 Å². The van der Waals surface area contributed by atoms with Crippen LogP contribution in [0.3, 0.4) is 0 Å². The third-order valence-electron chi connectivity index (χ3n) is 1.08. The Hall–Kier alpha value is 0.270. The number of amides is 2. The molecule has 0 unspecified atom stereocenters. The van der Waals surface area contributed by atoms with Gasteiger partial charge in [-0.1, -0.05) is 0 Å². The predicted molar refractivity (Wildman–Crippen MR) is 32.5 cm³/mol. The van der Waals surface area contributed by atoms with Crippen LogP contribution in [0.5, 0.6) is 0 Å². The van der Waals surface area contributed by atoms with Gasteiger partial charge in [-0.25, -0.2) is 4.79 Å². The van der Waals surface area contributed by atoms with Crippen LogP contribution in [-0.2, 0) is 0 Å². The van der Waals surface area contributed by atoms with Crippen molar-refractivity contribution in [2.75, 3.05) is 13.1 Å². The molecule has 0 heterocycles. The summed E-state index contributed by atoms with van der Waals surface area (Å²) >= 11 is 0. The summed E-state index contributed by atoms with van der Waals surface area (Å²) in [5.74, 6) is 0. The van der Waals surface area contributed by atoms with E-state index in [2.05, 4.69) is 0 Å². The Kier molecular flexibility index (Phi) is 8.52. The molecule has 0 saturated carbocycles. The number of nitrogens with two attached hydrogens (primary N) is 1. The van der Waals surface area contributed by atoms with E-state index in [1.807, 2.05) is 13.8 Å². The second-order valence-corrected chi connectivity index (χ2v) is 1.51. The molecule has 0 aromatic carbocycles. The standard InChI is InChI=1S/C5H12N2O.Na/c1-3-7(4-2)5(6)8;/h3-4H2,1-2H3,(H2,6,8);/q;+1. The van der Waals surface area contributed by atoms with Crippen LogP contribution < -0.4 is 35.3 Å². The number of nitrogens with zero attached hydrogens (tertiary/aromatic N) is 1. The number of urea groups is 1. The Bertz CT molecular complexity index is 83.0. The topological polar surface area (TPSA) is 46.3 Å². The van der Waals surface area contributed by atoms with Gasteiger partial charge in [-0.15, -0.1) is 0 Å². The zero-order chi connectivity index (χ0) is 6.57. The molecule has 48 valence electrons. The summed E-state index contributed by atoms with van der Waals surface area (Å²) < 4.78 is 0. The molecule has 0 atom stereocenters. The quantitative estimate of drug-likeness (QED) is 0.419. The van der Waals surface area contributed by atoms with Crippen molar-refractivity contribution >= 4 is 6.03 Å². The number of hydrogen-bond acceptors (Lipinski definition) is 1. The molecule has 0 bridgehead atoms. The fourth-order valence-corrected chi connectivity index (χ4v) is 0.535. The van der Waals surface area contributed by atoms with Crippen LogP contribution in [0.25, 0.3) is 0 Å². The van der Waals surface area contributed by atoms with E-state index in [0.29, 0.717) is 13.1 Å². The van der Waals surface area contributed by atoms with Crippen LogP contribution in [0.15, 0.2) is 0 Å².